The molecule has 0 aliphatic carbocycles. The second-order valence-corrected chi connectivity index (χ2v) is 6.89. The Bertz CT molecular complexity index is 587. The lowest BCUT2D eigenvalue weighted by molar-refractivity contribution is 0.0938. The molecule has 0 aliphatic rings. The van der Waals surface area contributed by atoms with Gasteiger partial charge in [0.05, 0.1) is 17.0 Å². The van der Waals surface area contributed by atoms with Crippen molar-refractivity contribution in [3.8, 4) is 0 Å². The van der Waals surface area contributed by atoms with Gasteiger partial charge in [-0.3, -0.25) is 9.52 Å². The highest BCUT2D eigenvalue weighted by Crippen LogP contribution is 2.23. The van der Waals surface area contributed by atoms with Crippen LogP contribution >= 0.6 is 11.6 Å². The average molecular weight is 319 g/mol. The van der Waals surface area contributed by atoms with Crippen molar-refractivity contribution in [1.82, 2.24) is 5.32 Å². The van der Waals surface area contributed by atoms with E-state index in [9.17, 15) is 13.2 Å². The summed E-state index contributed by atoms with van der Waals surface area (Å²) in [5, 5.41) is 3.04. The van der Waals surface area contributed by atoms with E-state index in [0.29, 0.717) is 5.56 Å². The molecule has 0 fully saturated rings. The molecule has 0 radical (unpaired) electrons. The standard InChI is InChI=1S/C13H19ClN2O3S/c1-4-5-9(2)15-13(17)10-6-7-12(11(14)8-10)16-20(3,18)19/h6-9,16H,4-5H2,1-3H3,(H,15,17). The van der Waals surface area contributed by atoms with Gasteiger partial charge in [-0.15, -0.1) is 0 Å². The quantitative estimate of drug-likeness (QED) is 0.846. The van der Waals surface area contributed by atoms with Crippen LogP contribution in [0.25, 0.3) is 0 Å². The number of hydrogen-bond donors (Lipinski definition) is 2. The molecule has 0 spiro atoms. The van der Waals surface area contributed by atoms with Crippen molar-refractivity contribution in [3.63, 3.8) is 0 Å². The van der Waals surface area contributed by atoms with E-state index in [-0.39, 0.29) is 22.7 Å². The Hall–Kier alpha value is -1.27. The topological polar surface area (TPSA) is 75.3 Å². The molecule has 0 saturated carbocycles. The molecule has 7 heteroatoms. The molecule has 1 aromatic carbocycles. The third kappa shape index (κ3) is 5.38. The predicted molar refractivity (Wildman–Crippen MR) is 81.8 cm³/mol. The number of anilines is 1. The Morgan fingerprint density at radius 3 is 2.55 bits per heavy atom. The van der Waals surface area contributed by atoms with E-state index in [4.69, 9.17) is 11.6 Å². The minimum absolute atomic E-state index is 0.0834. The monoisotopic (exact) mass is 318 g/mol. The van der Waals surface area contributed by atoms with Crippen molar-refractivity contribution < 1.29 is 13.2 Å². The zero-order chi connectivity index (χ0) is 15.3. The Labute approximate surface area is 124 Å². The molecule has 0 saturated heterocycles. The van der Waals surface area contributed by atoms with Gasteiger partial charge in [0.15, 0.2) is 0 Å². The molecule has 0 bridgehead atoms. The summed E-state index contributed by atoms with van der Waals surface area (Å²) in [5.74, 6) is -0.223. The first-order valence-electron chi connectivity index (χ1n) is 6.31. The van der Waals surface area contributed by atoms with Gasteiger partial charge in [0.25, 0.3) is 5.91 Å². The number of carbonyl (C=O) groups excluding carboxylic acids is 1. The molecular formula is C13H19ClN2O3S. The van der Waals surface area contributed by atoms with Crippen molar-refractivity contribution in [1.29, 1.82) is 0 Å². The first-order chi connectivity index (χ1) is 9.23. The summed E-state index contributed by atoms with van der Waals surface area (Å²) >= 11 is 5.97. The second kappa shape index (κ2) is 6.95. The number of benzene rings is 1. The van der Waals surface area contributed by atoms with Crippen LogP contribution in [0.3, 0.4) is 0 Å². The van der Waals surface area contributed by atoms with Gasteiger partial charge in [-0.1, -0.05) is 24.9 Å². The molecule has 2 N–H and O–H groups in total. The number of halogens is 1. The van der Waals surface area contributed by atoms with E-state index >= 15 is 0 Å². The van der Waals surface area contributed by atoms with Crippen LogP contribution in [0.2, 0.25) is 5.02 Å². The third-order valence-electron chi connectivity index (χ3n) is 2.63. The fraction of sp³-hybridized carbons (Fsp3) is 0.462. The van der Waals surface area contributed by atoms with Crippen molar-refractivity contribution in [2.24, 2.45) is 0 Å². The first-order valence-corrected chi connectivity index (χ1v) is 8.58. The van der Waals surface area contributed by atoms with Gasteiger partial charge in [0, 0.05) is 11.6 Å². The second-order valence-electron chi connectivity index (χ2n) is 4.73. The Morgan fingerprint density at radius 1 is 1.40 bits per heavy atom. The van der Waals surface area contributed by atoms with Gasteiger partial charge in [0.1, 0.15) is 0 Å². The SMILES string of the molecule is CCCC(C)NC(=O)c1ccc(NS(C)(=O)=O)c(Cl)c1. The largest absolute Gasteiger partial charge is 0.350 e. The van der Waals surface area contributed by atoms with Crippen molar-refractivity contribution in [2.45, 2.75) is 32.7 Å². The van der Waals surface area contributed by atoms with Crippen LogP contribution in [-0.4, -0.2) is 26.6 Å². The van der Waals surface area contributed by atoms with Crippen LogP contribution in [0.1, 0.15) is 37.0 Å². The molecule has 1 rings (SSSR count). The van der Waals surface area contributed by atoms with E-state index in [2.05, 4.69) is 10.0 Å². The van der Waals surface area contributed by atoms with Gasteiger partial charge in [-0.25, -0.2) is 8.42 Å². The number of sulfonamides is 1. The number of hydrogen-bond acceptors (Lipinski definition) is 3. The molecular weight excluding hydrogens is 300 g/mol. The molecule has 0 aliphatic heterocycles. The minimum atomic E-state index is -3.39. The van der Waals surface area contributed by atoms with E-state index in [1.165, 1.54) is 18.2 Å². The highest BCUT2D eigenvalue weighted by Gasteiger charge is 2.12. The van der Waals surface area contributed by atoms with Gasteiger partial charge >= 0.3 is 0 Å². The van der Waals surface area contributed by atoms with Crippen LogP contribution in [0, 0.1) is 0 Å². The van der Waals surface area contributed by atoms with Crippen molar-refractivity contribution in [2.75, 3.05) is 11.0 Å². The lowest BCUT2D eigenvalue weighted by atomic mass is 10.1. The number of rotatable bonds is 6. The number of nitrogens with one attached hydrogen (secondary N) is 2. The van der Waals surface area contributed by atoms with Crippen LogP contribution in [0.15, 0.2) is 18.2 Å². The fourth-order valence-electron chi connectivity index (χ4n) is 1.75. The zero-order valence-electron chi connectivity index (χ0n) is 11.7. The Morgan fingerprint density at radius 2 is 2.05 bits per heavy atom. The van der Waals surface area contributed by atoms with Crippen molar-refractivity contribution >= 4 is 33.2 Å². The van der Waals surface area contributed by atoms with Gasteiger partial charge in [-0.2, -0.15) is 0 Å². The maximum Gasteiger partial charge on any atom is 0.251 e. The zero-order valence-corrected chi connectivity index (χ0v) is 13.3. The van der Waals surface area contributed by atoms with Crippen LogP contribution in [0.4, 0.5) is 5.69 Å². The normalized spacial score (nSPS) is 12.8. The number of amides is 1. The summed E-state index contributed by atoms with van der Waals surface area (Å²) < 4.78 is 24.6. The molecule has 5 nitrogen and oxygen atoms in total. The molecule has 112 valence electrons. The van der Waals surface area contributed by atoms with Crippen LogP contribution in [-0.2, 0) is 10.0 Å². The lowest BCUT2D eigenvalue weighted by Gasteiger charge is -2.13. The molecule has 0 heterocycles. The third-order valence-corrected chi connectivity index (χ3v) is 3.53. The summed E-state index contributed by atoms with van der Waals surface area (Å²) in [7, 11) is -3.39. The molecule has 1 unspecified atom stereocenters. The summed E-state index contributed by atoms with van der Waals surface area (Å²) in [6.07, 6.45) is 2.92. The minimum Gasteiger partial charge on any atom is -0.350 e. The maximum atomic E-state index is 12.0. The average Bonchev–Trinajstić information content (AvgIpc) is 2.30. The summed E-state index contributed by atoms with van der Waals surface area (Å²) in [6.45, 7) is 3.98. The maximum absolute atomic E-state index is 12.0. The van der Waals surface area contributed by atoms with Gasteiger partial charge in [0.2, 0.25) is 10.0 Å². The summed E-state index contributed by atoms with van der Waals surface area (Å²) in [5.41, 5.74) is 0.657. The van der Waals surface area contributed by atoms with Crippen LogP contribution in [0.5, 0.6) is 0 Å². The lowest BCUT2D eigenvalue weighted by Crippen LogP contribution is -2.32. The highest BCUT2D eigenvalue weighted by atomic mass is 35.5. The van der Waals surface area contributed by atoms with E-state index in [1.54, 1.807) is 0 Å². The highest BCUT2D eigenvalue weighted by molar-refractivity contribution is 7.92. The molecule has 20 heavy (non-hydrogen) atoms. The van der Waals surface area contributed by atoms with E-state index < -0.39 is 10.0 Å². The summed E-state index contributed by atoms with van der Waals surface area (Å²) in [4.78, 5) is 12.0. The molecule has 1 atom stereocenters. The molecule has 0 aromatic heterocycles. The van der Waals surface area contributed by atoms with Gasteiger partial charge in [-0.05, 0) is 31.5 Å². The Kier molecular flexibility index (Phi) is 5.83. The predicted octanol–water partition coefficient (Wildman–Crippen LogP) is 2.63. The van der Waals surface area contributed by atoms with E-state index in [1.807, 2.05) is 13.8 Å². The molecule has 1 aromatic rings. The van der Waals surface area contributed by atoms with E-state index in [0.717, 1.165) is 19.1 Å². The summed E-state index contributed by atoms with van der Waals surface area (Å²) in [6, 6.07) is 4.54. The van der Waals surface area contributed by atoms with Crippen LogP contribution < -0.4 is 10.0 Å². The van der Waals surface area contributed by atoms with Crippen molar-refractivity contribution in [3.05, 3.63) is 28.8 Å². The fourth-order valence-corrected chi connectivity index (χ4v) is 2.61. The number of carbonyl (C=O) groups is 1. The first kappa shape index (κ1) is 16.8. The van der Waals surface area contributed by atoms with Gasteiger partial charge < -0.3 is 5.32 Å². The Balaban J connectivity index is 2.84. The molecule has 1 amide bonds. The smallest absolute Gasteiger partial charge is 0.251 e.